The number of nitrogens with one attached hydrogen (secondary N) is 1. The summed E-state index contributed by atoms with van der Waals surface area (Å²) in [5, 5.41) is 6.45. The van der Waals surface area contributed by atoms with Gasteiger partial charge in [-0.1, -0.05) is 70.2 Å². The van der Waals surface area contributed by atoms with Crippen LogP contribution in [0.4, 0.5) is 0 Å². The molecular formula is C20H29N. The van der Waals surface area contributed by atoms with Crippen LogP contribution in [0.1, 0.15) is 46.2 Å². The summed E-state index contributed by atoms with van der Waals surface area (Å²) in [6.07, 6.45) is 0. The Kier molecular flexibility index (Phi) is 5.41. The highest BCUT2D eigenvalue weighted by molar-refractivity contribution is 5.86. The Balaban J connectivity index is 2.14. The zero-order valence-corrected chi connectivity index (χ0v) is 14.1. The Hall–Kier alpha value is -1.34. The fourth-order valence-electron chi connectivity index (χ4n) is 3.29. The van der Waals surface area contributed by atoms with Crippen LogP contribution in [0.15, 0.2) is 42.5 Å². The summed E-state index contributed by atoms with van der Waals surface area (Å²) in [5.41, 5.74) is 1.40. The van der Waals surface area contributed by atoms with Gasteiger partial charge in [0.1, 0.15) is 0 Å². The Bertz CT molecular complexity index is 558. The molecule has 2 rings (SSSR count). The zero-order chi connectivity index (χ0) is 15.4. The Morgan fingerprint density at radius 2 is 1.43 bits per heavy atom. The highest BCUT2D eigenvalue weighted by atomic mass is 14.9. The van der Waals surface area contributed by atoms with Crippen molar-refractivity contribution in [3.8, 4) is 0 Å². The minimum Gasteiger partial charge on any atom is -0.310 e. The van der Waals surface area contributed by atoms with E-state index in [9.17, 15) is 0 Å². The second kappa shape index (κ2) is 7.09. The van der Waals surface area contributed by atoms with Crippen molar-refractivity contribution in [1.82, 2.24) is 5.32 Å². The Morgan fingerprint density at radius 1 is 0.810 bits per heavy atom. The van der Waals surface area contributed by atoms with Crippen molar-refractivity contribution in [3.63, 3.8) is 0 Å². The molecule has 0 heterocycles. The molecule has 1 unspecified atom stereocenters. The van der Waals surface area contributed by atoms with Gasteiger partial charge in [-0.05, 0) is 47.6 Å². The molecule has 0 saturated heterocycles. The van der Waals surface area contributed by atoms with Gasteiger partial charge in [-0.2, -0.15) is 0 Å². The first-order chi connectivity index (χ1) is 10.0. The molecule has 2 aromatic carbocycles. The van der Waals surface area contributed by atoms with E-state index in [-0.39, 0.29) is 0 Å². The first-order valence-electron chi connectivity index (χ1n) is 8.21. The zero-order valence-electron chi connectivity index (χ0n) is 14.1. The van der Waals surface area contributed by atoms with Gasteiger partial charge in [0.2, 0.25) is 0 Å². The van der Waals surface area contributed by atoms with Crippen molar-refractivity contribution in [2.45, 2.75) is 40.7 Å². The van der Waals surface area contributed by atoms with Gasteiger partial charge >= 0.3 is 0 Å². The number of rotatable bonds is 6. The van der Waals surface area contributed by atoms with Crippen molar-refractivity contribution in [3.05, 3.63) is 48.0 Å². The van der Waals surface area contributed by atoms with Gasteiger partial charge < -0.3 is 5.32 Å². The third-order valence-corrected chi connectivity index (χ3v) is 4.66. The van der Waals surface area contributed by atoms with Crippen LogP contribution in [0.25, 0.3) is 10.8 Å². The van der Waals surface area contributed by atoms with Crippen LogP contribution in [0.3, 0.4) is 0 Å². The SMILES string of the molecule is CC(NCC(C(C)C)C(C)C)c1cccc2ccccc12. The molecule has 0 aliphatic rings. The van der Waals surface area contributed by atoms with Gasteiger partial charge in [-0.25, -0.2) is 0 Å². The molecule has 2 aromatic rings. The summed E-state index contributed by atoms with van der Waals surface area (Å²) in [5.74, 6) is 2.16. The number of fused-ring (bicyclic) bond motifs is 1. The first kappa shape index (κ1) is 16.0. The van der Waals surface area contributed by atoms with E-state index in [1.54, 1.807) is 0 Å². The molecule has 1 nitrogen and oxygen atoms in total. The largest absolute Gasteiger partial charge is 0.310 e. The molecule has 0 fully saturated rings. The van der Waals surface area contributed by atoms with E-state index >= 15 is 0 Å². The lowest BCUT2D eigenvalue weighted by Gasteiger charge is -2.27. The molecule has 0 radical (unpaired) electrons. The molecule has 1 N–H and O–H groups in total. The normalized spacial score (nSPS) is 13.5. The van der Waals surface area contributed by atoms with Crippen LogP contribution in [0.5, 0.6) is 0 Å². The van der Waals surface area contributed by atoms with Crippen LogP contribution in [-0.2, 0) is 0 Å². The van der Waals surface area contributed by atoms with Crippen LogP contribution in [0, 0.1) is 17.8 Å². The number of benzene rings is 2. The Morgan fingerprint density at radius 3 is 2.10 bits per heavy atom. The standard InChI is InChI=1S/C20H29N/c1-14(2)20(15(3)4)13-21-16(5)18-12-8-10-17-9-6-7-11-19(17)18/h6-12,14-16,20-21H,13H2,1-5H3. The van der Waals surface area contributed by atoms with Crippen LogP contribution < -0.4 is 5.32 Å². The summed E-state index contributed by atoms with van der Waals surface area (Å²) in [6.45, 7) is 12.7. The second-order valence-electron chi connectivity index (χ2n) is 6.85. The quantitative estimate of drug-likeness (QED) is 0.746. The van der Waals surface area contributed by atoms with Gasteiger partial charge in [0, 0.05) is 6.04 Å². The molecule has 21 heavy (non-hydrogen) atoms. The van der Waals surface area contributed by atoms with Gasteiger partial charge in [-0.3, -0.25) is 0 Å². The van der Waals surface area contributed by atoms with Crippen molar-refractivity contribution in [2.24, 2.45) is 17.8 Å². The van der Waals surface area contributed by atoms with Crippen molar-refractivity contribution < 1.29 is 0 Å². The average molecular weight is 283 g/mol. The van der Waals surface area contributed by atoms with E-state index in [0.717, 1.165) is 24.3 Å². The molecule has 0 aliphatic heterocycles. The van der Waals surface area contributed by atoms with Crippen LogP contribution >= 0.6 is 0 Å². The maximum absolute atomic E-state index is 3.75. The number of hydrogen-bond acceptors (Lipinski definition) is 1. The highest BCUT2D eigenvalue weighted by Gasteiger charge is 2.18. The third-order valence-electron chi connectivity index (χ3n) is 4.66. The minimum absolute atomic E-state index is 0.385. The van der Waals surface area contributed by atoms with Gasteiger partial charge in [0.05, 0.1) is 0 Å². The molecule has 0 spiro atoms. The summed E-state index contributed by atoms with van der Waals surface area (Å²) in [4.78, 5) is 0. The smallest absolute Gasteiger partial charge is 0.0298 e. The minimum atomic E-state index is 0.385. The van der Waals surface area contributed by atoms with Crippen LogP contribution in [0.2, 0.25) is 0 Å². The second-order valence-corrected chi connectivity index (χ2v) is 6.85. The molecule has 114 valence electrons. The van der Waals surface area contributed by atoms with E-state index in [4.69, 9.17) is 0 Å². The molecule has 1 heteroatoms. The molecule has 0 saturated carbocycles. The van der Waals surface area contributed by atoms with Crippen LogP contribution in [-0.4, -0.2) is 6.54 Å². The molecule has 0 bridgehead atoms. The molecule has 1 atom stereocenters. The van der Waals surface area contributed by atoms with E-state index in [0.29, 0.717) is 6.04 Å². The van der Waals surface area contributed by atoms with Crippen molar-refractivity contribution in [2.75, 3.05) is 6.54 Å². The topological polar surface area (TPSA) is 12.0 Å². The maximum atomic E-state index is 3.75. The summed E-state index contributed by atoms with van der Waals surface area (Å²) in [7, 11) is 0. The average Bonchev–Trinajstić information content (AvgIpc) is 2.46. The third kappa shape index (κ3) is 3.85. The molecule has 0 aromatic heterocycles. The fourth-order valence-corrected chi connectivity index (χ4v) is 3.29. The van der Waals surface area contributed by atoms with Crippen molar-refractivity contribution >= 4 is 10.8 Å². The van der Waals surface area contributed by atoms with Gasteiger partial charge in [0.15, 0.2) is 0 Å². The summed E-state index contributed by atoms with van der Waals surface area (Å²) in [6, 6.07) is 15.6. The monoisotopic (exact) mass is 283 g/mol. The summed E-state index contributed by atoms with van der Waals surface area (Å²) >= 11 is 0. The highest BCUT2D eigenvalue weighted by Crippen LogP contribution is 2.25. The maximum Gasteiger partial charge on any atom is 0.0298 e. The predicted octanol–water partition coefficient (Wildman–Crippen LogP) is 5.42. The lowest BCUT2D eigenvalue weighted by molar-refractivity contribution is 0.268. The lowest BCUT2D eigenvalue weighted by atomic mass is 9.85. The van der Waals surface area contributed by atoms with Gasteiger partial charge in [-0.15, -0.1) is 0 Å². The molecular weight excluding hydrogens is 254 g/mol. The molecule has 0 aliphatic carbocycles. The summed E-state index contributed by atoms with van der Waals surface area (Å²) < 4.78 is 0. The van der Waals surface area contributed by atoms with E-state index < -0.39 is 0 Å². The van der Waals surface area contributed by atoms with E-state index in [1.807, 2.05) is 0 Å². The molecule has 0 amide bonds. The van der Waals surface area contributed by atoms with E-state index in [1.165, 1.54) is 16.3 Å². The van der Waals surface area contributed by atoms with E-state index in [2.05, 4.69) is 82.4 Å². The lowest BCUT2D eigenvalue weighted by Crippen LogP contribution is -2.31. The number of hydrogen-bond donors (Lipinski definition) is 1. The first-order valence-corrected chi connectivity index (χ1v) is 8.21. The predicted molar refractivity (Wildman–Crippen MR) is 93.5 cm³/mol. The van der Waals surface area contributed by atoms with Gasteiger partial charge in [0.25, 0.3) is 0 Å². The Labute approximate surface area is 129 Å². The van der Waals surface area contributed by atoms with Crippen molar-refractivity contribution in [1.29, 1.82) is 0 Å². The fraction of sp³-hybridized carbons (Fsp3) is 0.500.